The predicted octanol–water partition coefficient (Wildman–Crippen LogP) is 5.24. The fraction of sp³-hybridized carbons (Fsp3) is 0.292. The Morgan fingerprint density at radius 3 is 2.58 bits per heavy atom. The molecular weight excluding hydrogens is 405 g/mol. The molecule has 3 aromatic rings. The second-order valence-corrected chi connectivity index (χ2v) is 8.47. The highest BCUT2D eigenvalue weighted by molar-refractivity contribution is 5.86. The van der Waals surface area contributed by atoms with Gasteiger partial charge in [0.25, 0.3) is 0 Å². The molecule has 2 heterocycles. The Hall–Kier alpha value is -3.06. The first-order valence-electron chi connectivity index (χ1n) is 10.1. The largest absolute Gasteiger partial charge is 0.478 e. The number of carboxylic acid groups (broad SMARTS) is 1. The van der Waals surface area contributed by atoms with Gasteiger partial charge in [0.2, 0.25) is 0 Å². The van der Waals surface area contributed by atoms with Crippen LogP contribution in [0.1, 0.15) is 42.3 Å². The van der Waals surface area contributed by atoms with Crippen LogP contribution in [0.4, 0.5) is 13.2 Å². The minimum absolute atomic E-state index is 0.00597. The van der Waals surface area contributed by atoms with E-state index in [9.17, 15) is 9.18 Å². The average molecular weight is 428 g/mol. The van der Waals surface area contributed by atoms with Crippen LogP contribution in [0, 0.1) is 11.6 Å². The Labute approximate surface area is 178 Å². The molecule has 1 atom stereocenters. The number of nitrogens with zero attached hydrogens (tertiary/aromatic N) is 1. The summed E-state index contributed by atoms with van der Waals surface area (Å²) in [6, 6.07) is 9.04. The van der Waals surface area contributed by atoms with Gasteiger partial charge in [0.15, 0.2) is 0 Å². The monoisotopic (exact) mass is 428 g/mol. The summed E-state index contributed by atoms with van der Waals surface area (Å²) in [4.78, 5) is 15.8. The van der Waals surface area contributed by atoms with Crippen LogP contribution in [0.25, 0.3) is 17.0 Å². The maximum Gasteiger partial charge on any atom is 0.328 e. The summed E-state index contributed by atoms with van der Waals surface area (Å²) in [7, 11) is 0. The summed E-state index contributed by atoms with van der Waals surface area (Å²) in [6.45, 7) is 3.34. The van der Waals surface area contributed by atoms with Crippen molar-refractivity contribution in [3.05, 3.63) is 76.5 Å². The fourth-order valence-corrected chi connectivity index (χ4v) is 4.40. The average Bonchev–Trinajstić information content (AvgIpc) is 3.05. The van der Waals surface area contributed by atoms with Gasteiger partial charge in [-0.2, -0.15) is 0 Å². The zero-order valence-electron chi connectivity index (χ0n) is 17.3. The third kappa shape index (κ3) is 4.23. The Bertz CT molecular complexity index is 1150. The van der Waals surface area contributed by atoms with Gasteiger partial charge in [-0.25, -0.2) is 18.0 Å². The van der Waals surface area contributed by atoms with Gasteiger partial charge in [0, 0.05) is 41.3 Å². The molecule has 0 spiro atoms. The Morgan fingerprint density at radius 1 is 1.26 bits per heavy atom. The summed E-state index contributed by atoms with van der Waals surface area (Å²) < 4.78 is 45.0. The van der Waals surface area contributed by atoms with Crippen LogP contribution >= 0.6 is 0 Å². The maximum absolute atomic E-state index is 15.2. The lowest BCUT2D eigenvalue weighted by Crippen LogP contribution is -2.43. The smallest absolute Gasteiger partial charge is 0.328 e. The summed E-state index contributed by atoms with van der Waals surface area (Å²) >= 11 is 0. The molecule has 0 radical (unpaired) electrons. The van der Waals surface area contributed by atoms with Crippen LogP contribution in [0.3, 0.4) is 0 Å². The van der Waals surface area contributed by atoms with Crippen molar-refractivity contribution in [2.24, 2.45) is 0 Å². The first kappa shape index (κ1) is 21.2. The Kier molecular flexibility index (Phi) is 5.39. The second kappa shape index (κ2) is 7.89. The number of fused-ring (bicyclic) bond motifs is 3. The van der Waals surface area contributed by atoms with Gasteiger partial charge in [0.1, 0.15) is 17.3 Å². The van der Waals surface area contributed by atoms with E-state index in [1.165, 1.54) is 13.8 Å². The lowest BCUT2D eigenvalue weighted by Gasteiger charge is -2.38. The second-order valence-electron chi connectivity index (χ2n) is 8.47. The molecule has 162 valence electrons. The number of para-hydroxylation sites is 1. The van der Waals surface area contributed by atoms with Crippen molar-refractivity contribution in [2.45, 2.75) is 32.0 Å². The molecule has 0 saturated heterocycles. The molecule has 0 bridgehead atoms. The van der Waals surface area contributed by atoms with Crippen molar-refractivity contribution < 1.29 is 23.1 Å². The normalized spacial score (nSPS) is 17.4. The van der Waals surface area contributed by atoms with Gasteiger partial charge in [0.05, 0.1) is 6.04 Å². The Morgan fingerprint density at radius 2 is 1.94 bits per heavy atom. The number of halogens is 3. The molecule has 1 unspecified atom stereocenters. The fourth-order valence-electron chi connectivity index (χ4n) is 4.40. The number of aliphatic carboxylic acids is 1. The lowest BCUT2D eigenvalue weighted by atomic mass is 9.90. The number of carbonyl (C=O) groups is 1. The summed E-state index contributed by atoms with van der Waals surface area (Å²) in [5.41, 5.74) is 0.861. The van der Waals surface area contributed by atoms with Crippen molar-refractivity contribution in [3.63, 3.8) is 0 Å². The maximum atomic E-state index is 15.2. The topological polar surface area (TPSA) is 56.3 Å². The van der Waals surface area contributed by atoms with Crippen LogP contribution < -0.4 is 0 Å². The van der Waals surface area contributed by atoms with Crippen molar-refractivity contribution in [1.29, 1.82) is 0 Å². The van der Waals surface area contributed by atoms with Gasteiger partial charge in [-0.05, 0) is 55.7 Å². The molecule has 0 amide bonds. The van der Waals surface area contributed by atoms with Crippen LogP contribution in [0.5, 0.6) is 0 Å². The standard InChI is InChI=1S/C24H23F3N2O2/c1-24(2,27)13-29-10-9-16-15-5-3-4-6-19(15)28-22(16)23(29)21-17(25)11-14(12-18(21)26)7-8-20(30)31/h3-8,11-12,23,28H,9-10,13H2,1-2H3,(H,30,31)/b8-7+. The molecule has 4 nitrogen and oxygen atoms in total. The molecule has 1 aliphatic heterocycles. The number of alkyl halides is 1. The lowest BCUT2D eigenvalue weighted by molar-refractivity contribution is -0.131. The van der Waals surface area contributed by atoms with Gasteiger partial charge < -0.3 is 10.1 Å². The first-order valence-corrected chi connectivity index (χ1v) is 10.1. The van der Waals surface area contributed by atoms with Gasteiger partial charge in [-0.3, -0.25) is 4.90 Å². The highest BCUT2D eigenvalue weighted by Gasteiger charge is 2.37. The van der Waals surface area contributed by atoms with Crippen LogP contribution in [0.2, 0.25) is 0 Å². The van der Waals surface area contributed by atoms with Crippen molar-refractivity contribution in [1.82, 2.24) is 9.88 Å². The van der Waals surface area contributed by atoms with Gasteiger partial charge in [-0.15, -0.1) is 0 Å². The molecule has 1 aliphatic rings. The van der Waals surface area contributed by atoms with E-state index in [1.807, 2.05) is 24.3 Å². The van der Waals surface area contributed by atoms with Crippen molar-refractivity contribution in [3.8, 4) is 0 Å². The quantitative estimate of drug-likeness (QED) is 0.547. The van der Waals surface area contributed by atoms with E-state index < -0.39 is 29.3 Å². The number of carboxylic acids is 1. The minimum Gasteiger partial charge on any atom is -0.478 e. The molecule has 2 aromatic carbocycles. The summed E-state index contributed by atoms with van der Waals surface area (Å²) in [6.07, 6.45) is 2.59. The van der Waals surface area contributed by atoms with Crippen LogP contribution in [-0.2, 0) is 11.2 Å². The molecule has 7 heteroatoms. The first-order chi connectivity index (χ1) is 14.6. The van der Waals surface area contributed by atoms with E-state index in [4.69, 9.17) is 5.11 Å². The zero-order chi connectivity index (χ0) is 22.3. The molecule has 0 fully saturated rings. The van der Waals surface area contributed by atoms with Crippen molar-refractivity contribution in [2.75, 3.05) is 13.1 Å². The zero-order valence-corrected chi connectivity index (χ0v) is 17.3. The van der Waals surface area contributed by atoms with Gasteiger partial charge >= 0.3 is 5.97 Å². The highest BCUT2D eigenvalue weighted by Crippen LogP contribution is 2.41. The van der Waals surface area contributed by atoms with E-state index in [2.05, 4.69) is 4.98 Å². The van der Waals surface area contributed by atoms with Crippen molar-refractivity contribution >= 4 is 22.9 Å². The number of nitrogens with one attached hydrogen (secondary N) is 1. The Balaban J connectivity index is 1.88. The molecule has 4 rings (SSSR count). The van der Waals surface area contributed by atoms with E-state index in [1.54, 1.807) is 4.90 Å². The summed E-state index contributed by atoms with van der Waals surface area (Å²) in [5, 5.41) is 9.76. The van der Waals surface area contributed by atoms with E-state index in [0.717, 1.165) is 40.8 Å². The molecule has 0 aliphatic carbocycles. The number of hydrogen-bond acceptors (Lipinski definition) is 2. The molecule has 31 heavy (non-hydrogen) atoms. The highest BCUT2D eigenvalue weighted by atomic mass is 19.1. The third-order valence-corrected chi connectivity index (χ3v) is 5.51. The number of hydrogen-bond donors (Lipinski definition) is 2. The van der Waals surface area contributed by atoms with Crippen LogP contribution in [-0.4, -0.2) is 39.7 Å². The number of aromatic nitrogens is 1. The number of aromatic amines is 1. The molecular formula is C24H23F3N2O2. The minimum atomic E-state index is -1.56. The molecule has 0 saturated carbocycles. The van der Waals surface area contributed by atoms with Crippen LogP contribution in [0.15, 0.2) is 42.5 Å². The number of H-pyrrole nitrogens is 1. The third-order valence-electron chi connectivity index (χ3n) is 5.51. The van der Waals surface area contributed by atoms with E-state index in [0.29, 0.717) is 18.7 Å². The SMILES string of the molecule is CC(C)(F)CN1CCc2c([nH]c3ccccc23)C1c1c(F)cc(/C=C/C(=O)O)cc1F. The van der Waals surface area contributed by atoms with Gasteiger partial charge in [-0.1, -0.05) is 18.2 Å². The number of rotatable bonds is 5. The van der Waals surface area contributed by atoms with E-state index in [-0.39, 0.29) is 17.7 Å². The van der Waals surface area contributed by atoms with E-state index >= 15 is 8.78 Å². The molecule has 2 N–H and O–H groups in total. The number of benzene rings is 2. The summed E-state index contributed by atoms with van der Waals surface area (Å²) in [5.74, 6) is -2.82. The molecule has 1 aromatic heterocycles. The predicted molar refractivity (Wildman–Crippen MR) is 114 cm³/mol.